The van der Waals surface area contributed by atoms with Crippen molar-refractivity contribution in [1.82, 2.24) is 14.7 Å². The zero-order valence-electron chi connectivity index (χ0n) is 10.9. The fourth-order valence-corrected chi connectivity index (χ4v) is 2.47. The number of amides is 1. The molecule has 1 amide bonds. The van der Waals surface area contributed by atoms with Gasteiger partial charge in [-0.2, -0.15) is 5.10 Å². The Morgan fingerprint density at radius 1 is 1.61 bits per heavy atom. The number of carbonyl (C=O) groups excluding carboxylic acids is 1. The number of aromatic nitrogens is 2. The molecule has 5 nitrogen and oxygen atoms in total. The lowest BCUT2D eigenvalue weighted by Crippen LogP contribution is -2.49. The Hall–Kier alpha value is -1.07. The van der Waals surface area contributed by atoms with Crippen molar-refractivity contribution in [2.45, 2.75) is 25.8 Å². The fourth-order valence-electron chi connectivity index (χ4n) is 2.47. The Kier molecular flexibility index (Phi) is 5.16. The average Bonchev–Trinajstić information content (AvgIpc) is 2.74. The summed E-state index contributed by atoms with van der Waals surface area (Å²) in [5.74, 6) is 0.700. The van der Waals surface area contributed by atoms with E-state index in [0.717, 1.165) is 19.4 Å². The van der Waals surface area contributed by atoms with Gasteiger partial charge in [0, 0.05) is 32.4 Å². The van der Waals surface area contributed by atoms with E-state index in [0.29, 0.717) is 18.2 Å². The monoisotopic (exact) mass is 272 g/mol. The van der Waals surface area contributed by atoms with Crippen LogP contribution in [0.2, 0.25) is 0 Å². The molecule has 0 saturated carbocycles. The van der Waals surface area contributed by atoms with Crippen LogP contribution in [0.3, 0.4) is 0 Å². The lowest BCUT2D eigenvalue weighted by atomic mass is 9.92. The van der Waals surface area contributed by atoms with Crippen molar-refractivity contribution in [3.05, 3.63) is 18.0 Å². The maximum absolute atomic E-state index is 12.4. The minimum Gasteiger partial charge on any atom is -0.333 e. The summed E-state index contributed by atoms with van der Waals surface area (Å²) in [5, 5.41) is 4.04. The standard InChI is InChI=1S/C12H20N4O.ClH/c1-9-4-6-16(10(7-9)8-13)12(17)11-3-5-14-15(11)2;/h3,5,9-10H,4,6-8,13H2,1-2H3;1H. The lowest BCUT2D eigenvalue weighted by Gasteiger charge is -2.37. The van der Waals surface area contributed by atoms with Crippen molar-refractivity contribution in [2.75, 3.05) is 13.1 Å². The minimum atomic E-state index is 0. The quantitative estimate of drug-likeness (QED) is 0.875. The maximum atomic E-state index is 12.4. The first-order valence-electron chi connectivity index (χ1n) is 6.12. The van der Waals surface area contributed by atoms with E-state index < -0.39 is 0 Å². The van der Waals surface area contributed by atoms with Crippen LogP contribution in [-0.4, -0.2) is 39.7 Å². The van der Waals surface area contributed by atoms with Crippen molar-refractivity contribution in [3.8, 4) is 0 Å². The highest BCUT2D eigenvalue weighted by atomic mass is 35.5. The van der Waals surface area contributed by atoms with Crippen molar-refractivity contribution >= 4 is 18.3 Å². The largest absolute Gasteiger partial charge is 0.333 e. The number of rotatable bonds is 2. The Morgan fingerprint density at radius 2 is 2.33 bits per heavy atom. The molecule has 1 saturated heterocycles. The summed E-state index contributed by atoms with van der Waals surface area (Å²) in [6.07, 6.45) is 3.71. The molecule has 0 aromatic carbocycles. The first-order valence-corrected chi connectivity index (χ1v) is 6.12. The number of nitrogens with zero attached hydrogens (tertiary/aromatic N) is 3. The van der Waals surface area contributed by atoms with Gasteiger partial charge in [-0.25, -0.2) is 0 Å². The number of halogens is 1. The predicted molar refractivity (Wildman–Crippen MR) is 72.7 cm³/mol. The number of likely N-dealkylation sites (tertiary alicyclic amines) is 1. The summed E-state index contributed by atoms with van der Waals surface area (Å²) in [7, 11) is 1.79. The van der Waals surface area contributed by atoms with E-state index in [1.165, 1.54) is 0 Å². The van der Waals surface area contributed by atoms with Gasteiger partial charge in [0.2, 0.25) is 0 Å². The van der Waals surface area contributed by atoms with E-state index in [2.05, 4.69) is 12.0 Å². The molecular weight excluding hydrogens is 252 g/mol. The van der Waals surface area contributed by atoms with Crippen molar-refractivity contribution in [3.63, 3.8) is 0 Å². The maximum Gasteiger partial charge on any atom is 0.272 e. The number of hydrogen-bond acceptors (Lipinski definition) is 3. The smallest absolute Gasteiger partial charge is 0.272 e. The Bertz CT molecular complexity index is 407. The third-order valence-electron chi connectivity index (χ3n) is 3.55. The molecule has 0 spiro atoms. The zero-order valence-corrected chi connectivity index (χ0v) is 11.7. The molecule has 2 N–H and O–H groups in total. The number of aryl methyl sites for hydroxylation is 1. The van der Waals surface area contributed by atoms with Crippen LogP contribution in [0.15, 0.2) is 12.3 Å². The second kappa shape index (κ2) is 6.20. The fraction of sp³-hybridized carbons (Fsp3) is 0.667. The van der Waals surface area contributed by atoms with Gasteiger partial charge in [-0.15, -0.1) is 12.4 Å². The molecular formula is C12H21ClN4O. The predicted octanol–water partition coefficient (Wildman–Crippen LogP) is 1.04. The first kappa shape index (κ1) is 15.0. The van der Waals surface area contributed by atoms with E-state index in [-0.39, 0.29) is 24.4 Å². The third-order valence-corrected chi connectivity index (χ3v) is 3.55. The van der Waals surface area contributed by atoms with E-state index in [9.17, 15) is 4.79 Å². The molecule has 0 aliphatic carbocycles. The first-order chi connectivity index (χ1) is 8.13. The van der Waals surface area contributed by atoms with Crippen molar-refractivity contribution in [1.29, 1.82) is 0 Å². The molecule has 1 fully saturated rings. The van der Waals surface area contributed by atoms with Crippen LogP contribution in [0.25, 0.3) is 0 Å². The van der Waals surface area contributed by atoms with Crippen molar-refractivity contribution < 1.29 is 4.79 Å². The number of piperidine rings is 1. The second-order valence-electron chi connectivity index (χ2n) is 4.86. The van der Waals surface area contributed by atoms with E-state index in [1.807, 2.05) is 4.90 Å². The zero-order chi connectivity index (χ0) is 12.4. The van der Waals surface area contributed by atoms with Crippen LogP contribution in [0.4, 0.5) is 0 Å². The topological polar surface area (TPSA) is 64.2 Å². The molecule has 2 rings (SSSR count). The van der Waals surface area contributed by atoms with Gasteiger partial charge in [0.1, 0.15) is 5.69 Å². The van der Waals surface area contributed by atoms with Crippen LogP contribution in [0.1, 0.15) is 30.3 Å². The number of carbonyl (C=O) groups is 1. The number of hydrogen-bond donors (Lipinski definition) is 1. The van der Waals surface area contributed by atoms with Crippen LogP contribution in [-0.2, 0) is 7.05 Å². The molecule has 1 aliphatic rings. The summed E-state index contributed by atoms with van der Waals surface area (Å²) in [6.45, 7) is 3.55. The normalized spacial score (nSPS) is 23.6. The Labute approximate surface area is 114 Å². The minimum absolute atomic E-state index is 0. The highest BCUT2D eigenvalue weighted by Crippen LogP contribution is 2.23. The van der Waals surface area contributed by atoms with Crippen LogP contribution in [0.5, 0.6) is 0 Å². The van der Waals surface area contributed by atoms with E-state index in [4.69, 9.17) is 5.73 Å². The highest BCUT2D eigenvalue weighted by Gasteiger charge is 2.30. The molecule has 2 atom stereocenters. The summed E-state index contributed by atoms with van der Waals surface area (Å²) < 4.78 is 1.62. The molecule has 0 bridgehead atoms. The molecule has 18 heavy (non-hydrogen) atoms. The van der Waals surface area contributed by atoms with Crippen LogP contribution in [0, 0.1) is 5.92 Å². The average molecular weight is 273 g/mol. The van der Waals surface area contributed by atoms with Gasteiger partial charge < -0.3 is 10.6 Å². The third kappa shape index (κ3) is 2.84. The molecule has 0 radical (unpaired) electrons. The van der Waals surface area contributed by atoms with Crippen LogP contribution >= 0.6 is 12.4 Å². The van der Waals surface area contributed by atoms with E-state index in [1.54, 1.807) is 24.0 Å². The molecule has 2 heterocycles. The van der Waals surface area contributed by atoms with Gasteiger partial charge in [-0.3, -0.25) is 9.48 Å². The van der Waals surface area contributed by atoms with Gasteiger partial charge in [0.25, 0.3) is 5.91 Å². The Morgan fingerprint density at radius 3 is 2.89 bits per heavy atom. The van der Waals surface area contributed by atoms with Crippen LogP contribution < -0.4 is 5.73 Å². The molecule has 2 unspecified atom stereocenters. The van der Waals surface area contributed by atoms with Gasteiger partial charge in [-0.05, 0) is 24.8 Å². The molecule has 102 valence electrons. The summed E-state index contributed by atoms with van der Waals surface area (Å²) in [5.41, 5.74) is 6.41. The molecule has 1 aromatic rings. The summed E-state index contributed by atoms with van der Waals surface area (Å²) in [4.78, 5) is 14.3. The second-order valence-corrected chi connectivity index (χ2v) is 4.86. The SMILES string of the molecule is CC1CCN(C(=O)c2ccnn2C)C(CN)C1.Cl. The summed E-state index contributed by atoms with van der Waals surface area (Å²) in [6, 6.07) is 1.93. The van der Waals surface area contributed by atoms with Gasteiger partial charge in [-0.1, -0.05) is 6.92 Å². The van der Waals surface area contributed by atoms with Crippen molar-refractivity contribution in [2.24, 2.45) is 18.7 Å². The highest BCUT2D eigenvalue weighted by molar-refractivity contribution is 5.92. The van der Waals surface area contributed by atoms with Gasteiger partial charge in [0.15, 0.2) is 0 Å². The molecule has 1 aliphatic heterocycles. The van der Waals surface area contributed by atoms with Gasteiger partial charge in [0.05, 0.1) is 0 Å². The molecule has 1 aromatic heterocycles. The lowest BCUT2D eigenvalue weighted by molar-refractivity contribution is 0.0562. The van der Waals surface area contributed by atoms with Gasteiger partial charge >= 0.3 is 0 Å². The molecule has 6 heteroatoms. The Balaban J connectivity index is 0.00000162. The summed E-state index contributed by atoms with van der Waals surface area (Å²) >= 11 is 0. The van der Waals surface area contributed by atoms with E-state index >= 15 is 0 Å². The number of nitrogens with two attached hydrogens (primary N) is 1.